The number of rotatable bonds is 5. The Kier molecular flexibility index (Phi) is 4.29. The van der Waals surface area contributed by atoms with Crippen LogP contribution in [0.2, 0.25) is 0 Å². The Morgan fingerprint density at radius 1 is 1.25 bits per heavy atom. The number of aliphatic hydroxyl groups excluding tert-OH is 1. The van der Waals surface area contributed by atoms with Crippen molar-refractivity contribution in [3.05, 3.63) is 41.2 Å². The van der Waals surface area contributed by atoms with Gasteiger partial charge in [-0.2, -0.15) is 5.10 Å². The Labute approximate surface area is 118 Å². The molecule has 0 spiro atoms. The summed E-state index contributed by atoms with van der Waals surface area (Å²) >= 11 is 0. The Morgan fingerprint density at radius 2 is 1.95 bits per heavy atom. The summed E-state index contributed by atoms with van der Waals surface area (Å²) in [6.45, 7) is 2.02. The van der Waals surface area contributed by atoms with E-state index in [4.69, 9.17) is 9.47 Å². The highest BCUT2D eigenvalue weighted by atomic mass is 16.5. The van der Waals surface area contributed by atoms with Crippen LogP contribution in [0.4, 0.5) is 0 Å². The van der Waals surface area contributed by atoms with E-state index in [1.807, 2.05) is 26.2 Å². The highest BCUT2D eigenvalue weighted by molar-refractivity contribution is 5.45. The molecule has 1 unspecified atom stereocenters. The fourth-order valence-corrected chi connectivity index (χ4v) is 2.26. The lowest BCUT2D eigenvalue weighted by molar-refractivity contribution is 0.218. The Balaban J connectivity index is 2.39. The molecule has 1 heterocycles. The molecule has 1 N–H and O–H groups in total. The minimum atomic E-state index is -0.724. The zero-order chi connectivity index (χ0) is 14.7. The molecule has 108 valence electrons. The van der Waals surface area contributed by atoms with Gasteiger partial charge in [-0.1, -0.05) is 13.0 Å². The zero-order valence-corrected chi connectivity index (χ0v) is 12.3. The summed E-state index contributed by atoms with van der Waals surface area (Å²) in [6, 6.07) is 5.41. The van der Waals surface area contributed by atoms with Gasteiger partial charge in [0.15, 0.2) is 11.5 Å². The molecule has 0 radical (unpaired) electrons. The number of benzene rings is 1. The summed E-state index contributed by atoms with van der Waals surface area (Å²) in [7, 11) is 5.02. The summed E-state index contributed by atoms with van der Waals surface area (Å²) in [5, 5.41) is 14.9. The molecule has 0 fully saturated rings. The second-order valence-corrected chi connectivity index (χ2v) is 4.58. The molecule has 0 aliphatic carbocycles. The van der Waals surface area contributed by atoms with Crippen molar-refractivity contribution < 1.29 is 14.6 Å². The zero-order valence-electron chi connectivity index (χ0n) is 12.3. The van der Waals surface area contributed by atoms with Crippen LogP contribution >= 0.6 is 0 Å². The van der Waals surface area contributed by atoms with Gasteiger partial charge in [-0.15, -0.1) is 0 Å². The van der Waals surface area contributed by atoms with E-state index in [9.17, 15) is 5.11 Å². The molecule has 1 atom stereocenters. The lowest BCUT2D eigenvalue weighted by Crippen LogP contribution is -2.02. The minimum absolute atomic E-state index is 0.603. The van der Waals surface area contributed by atoms with Crippen molar-refractivity contribution in [2.24, 2.45) is 7.05 Å². The van der Waals surface area contributed by atoms with Crippen molar-refractivity contribution in [3.8, 4) is 11.5 Å². The molecule has 2 aromatic rings. The molecule has 1 aromatic carbocycles. The van der Waals surface area contributed by atoms with E-state index in [1.165, 1.54) is 0 Å². The van der Waals surface area contributed by atoms with E-state index in [-0.39, 0.29) is 0 Å². The van der Waals surface area contributed by atoms with Crippen molar-refractivity contribution in [2.75, 3.05) is 14.2 Å². The van der Waals surface area contributed by atoms with Crippen LogP contribution in [-0.4, -0.2) is 29.1 Å². The molecule has 5 nitrogen and oxygen atoms in total. The summed E-state index contributed by atoms with van der Waals surface area (Å²) in [4.78, 5) is 0. The fraction of sp³-hybridized carbons (Fsp3) is 0.400. The van der Waals surface area contributed by atoms with Gasteiger partial charge >= 0.3 is 0 Å². The first kappa shape index (κ1) is 14.4. The lowest BCUT2D eigenvalue weighted by Gasteiger charge is -2.14. The average Bonchev–Trinajstić information content (AvgIpc) is 2.86. The molecule has 1 aromatic heterocycles. The van der Waals surface area contributed by atoms with Gasteiger partial charge in [0.1, 0.15) is 6.10 Å². The van der Waals surface area contributed by atoms with Crippen molar-refractivity contribution in [2.45, 2.75) is 19.4 Å². The molecule has 0 saturated carbocycles. The summed E-state index contributed by atoms with van der Waals surface area (Å²) in [5.41, 5.74) is 2.47. The predicted molar refractivity (Wildman–Crippen MR) is 76.2 cm³/mol. The van der Waals surface area contributed by atoms with Gasteiger partial charge in [0.25, 0.3) is 0 Å². The maximum Gasteiger partial charge on any atom is 0.161 e. The van der Waals surface area contributed by atoms with Crippen molar-refractivity contribution in [3.63, 3.8) is 0 Å². The molecular weight excluding hydrogens is 256 g/mol. The van der Waals surface area contributed by atoms with Crippen molar-refractivity contribution >= 4 is 0 Å². The predicted octanol–water partition coefficient (Wildman–Crippen LogP) is 2.08. The molecule has 20 heavy (non-hydrogen) atoms. The molecule has 0 aliphatic heterocycles. The van der Waals surface area contributed by atoms with Crippen LogP contribution in [0.25, 0.3) is 0 Å². The molecule has 2 rings (SSSR count). The smallest absolute Gasteiger partial charge is 0.161 e. The molecule has 0 saturated heterocycles. The van der Waals surface area contributed by atoms with Crippen LogP contribution in [0.1, 0.15) is 29.8 Å². The number of hydrogen-bond donors (Lipinski definition) is 1. The monoisotopic (exact) mass is 276 g/mol. The number of aromatic nitrogens is 2. The van der Waals surface area contributed by atoms with E-state index in [0.717, 1.165) is 23.2 Å². The number of ether oxygens (including phenoxy) is 2. The Hall–Kier alpha value is -2.01. The molecule has 0 aliphatic rings. The van der Waals surface area contributed by atoms with Gasteiger partial charge in [0.2, 0.25) is 0 Å². The van der Waals surface area contributed by atoms with Crippen molar-refractivity contribution in [1.29, 1.82) is 0 Å². The second kappa shape index (κ2) is 5.96. The van der Waals surface area contributed by atoms with E-state index in [0.29, 0.717) is 11.5 Å². The van der Waals surface area contributed by atoms with Crippen LogP contribution in [0, 0.1) is 0 Å². The van der Waals surface area contributed by atoms with Gasteiger partial charge in [-0.3, -0.25) is 4.68 Å². The van der Waals surface area contributed by atoms with Crippen molar-refractivity contribution in [1.82, 2.24) is 9.78 Å². The quantitative estimate of drug-likeness (QED) is 0.908. The third kappa shape index (κ3) is 2.63. The maximum atomic E-state index is 10.6. The standard InChI is InChI=1S/C15H20N2O3/c1-5-12-11(9-17(2)16-12)15(18)10-6-7-13(19-3)14(8-10)20-4/h6-9,15,18H,5H2,1-4H3. The highest BCUT2D eigenvalue weighted by Gasteiger charge is 2.18. The van der Waals surface area contributed by atoms with E-state index in [1.54, 1.807) is 31.0 Å². The largest absolute Gasteiger partial charge is 0.493 e. The molecule has 0 amide bonds. The van der Waals surface area contributed by atoms with Crippen LogP contribution in [0.15, 0.2) is 24.4 Å². The Morgan fingerprint density at radius 3 is 2.55 bits per heavy atom. The second-order valence-electron chi connectivity index (χ2n) is 4.58. The summed E-state index contributed by atoms with van der Waals surface area (Å²) in [6.07, 6.45) is 1.90. The number of hydrogen-bond acceptors (Lipinski definition) is 4. The van der Waals surface area contributed by atoms with Gasteiger partial charge in [0, 0.05) is 18.8 Å². The van der Waals surface area contributed by atoms with Crippen LogP contribution < -0.4 is 9.47 Å². The number of aryl methyl sites for hydroxylation is 2. The van der Waals surface area contributed by atoms with Gasteiger partial charge < -0.3 is 14.6 Å². The number of methoxy groups -OCH3 is 2. The van der Waals surface area contributed by atoms with Crippen LogP contribution in [0.3, 0.4) is 0 Å². The molecular formula is C15H20N2O3. The summed E-state index contributed by atoms with van der Waals surface area (Å²) in [5.74, 6) is 1.25. The molecule has 0 bridgehead atoms. The Bertz CT molecular complexity index is 593. The maximum absolute atomic E-state index is 10.6. The van der Waals surface area contributed by atoms with Gasteiger partial charge in [0.05, 0.1) is 19.9 Å². The first-order valence-corrected chi connectivity index (χ1v) is 6.53. The van der Waals surface area contributed by atoms with E-state index < -0.39 is 6.10 Å². The normalized spacial score (nSPS) is 12.2. The minimum Gasteiger partial charge on any atom is -0.493 e. The van der Waals surface area contributed by atoms with Gasteiger partial charge in [-0.05, 0) is 24.1 Å². The average molecular weight is 276 g/mol. The first-order chi connectivity index (χ1) is 9.60. The third-order valence-electron chi connectivity index (χ3n) is 3.29. The number of aliphatic hydroxyl groups is 1. The van der Waals surface area contributed by atoms with E-state index >= 15 is 0 Å². The highest BCUT2D eigenvalue weighted by Crippen LogP contribution is 2.32. The number of nitrogens with zero attached hydrogens (tertiary/aromatic N) is 2. The first-order valence-electron chi connectivity index (χ1n) is 6.53. The van der Waals surface area contributed by atoms with Crippen LogP contribution in [-0.2, 0) is 13.5 Å². The summed E-state index contributed by atoms with van der Waals surface area (Å²) < 4.78 is 12.2. The van der Waals surface area contributed by atoms with E-state index in [2.05, 4.69) is 5.10 Å². The topological polar surface area (TPSA) is 56.5 Å². The molecule has 5 heteroatoms. The fourth-order valence-electron chi connectivity index (χ4n) is 2.26. The van der Waals surface area contributed by atoms with Crippen LogP contribution in [0.5, 0.6) is 11.5 Å². The SMILES string of the molecule is CCc1nn(C)cc1C(O)c1ccc(OC)c(OC)c1. The lowest BCUT2D eigenvalue weighted by atomic mass is 10.0. The van der Waals surface area contributed by atoms with Gasteiger partial charge in [-0.25, -0.2) is 0 Å². The third-order valence-corrected chi connectivity index (χ3v) is 3.29.